The lowest BCUT2D eigenvalue weighted by Crippen LogP contribution is -2.24. The molecule has 0 aliphatic carbocycles. The van der Waals surface area contributed by atoms with E-state index < -0.39 is 12.2 Å². The van der Waals surface area contributed by atoms with E-state index in [-0.39, 0.29) is 12.9 Å². The van der Waals surface area contributed by atoms with Gasteiger partial charge in [-0.2, -0.15) is 0 Å². The topological polar surface area (TPSA) is 58.9 Å². The van der Waals surface area contributed by atoms with Gasteiger partial charge in [-0.15, -0.1) is 0 Å². The maximum absolute atomic E-state index is 9.22. The Labute approximate surface area is 65.7 Å². The molecule has 4 heteroatoms. The van der Waals surface area contributed by atoms with Gasteiger partial charge in [-0.25, -0.2) is 0 Å². The molecule has 11 heavy (non-hydrogen) atoms. The van der Waals surface area contributed by atoms with Gasteiger partial charge >= 0.3 is 0 Å². The van der Waals surface area contributed by atoms with Crippen LogP contribution in [0.25, 0.3) is 0 Å². The predicted octanol–water partition coefficient (Wildman–Crippen LogP) is -0.509. The third-order valence-electron chi connectivity index (χ3n) is 1.72. The normalized spacial score (nSPS) is 37.9. The number of hydrogen-bond acceptors (Lipinski definition) is 4. The van der Waals surface area contributed by atoms with Crippen molar-refractivity contribution in [2.45, 2.75) is 31.8 Å². The largest absolute Gasteiger partial charge is 0.394 e. The van der Waals surface area contributed by atoms with E-state index in [1.54, 1.807) is 0 Å². The molecule has 4 nitrogen and oxygen atoms in total. The Morgan fingerprint density at radius 2 is 2.36 bits per heavy atom. The SMILES string of the molecule is CCOC1CC(O)C(CO)O1. The van der Waals surface area contributed by atoms with Gasteiger partial charge in [0.2, 0.25) is 0 Å². The summed E-state index contributed by atoms with van der Waals surface area (Å²) in [6.07, 6.45) is -0.936. The fourth-order valence-corrected chi connectivity index (χ4v) is 1.15. The minimum atomic E-state index is -0.587. The first-order valence-corrected chi connectivity index (χ1v) is 3.84. The van der Waals surface area contributed by atoms with Gasteiger partial charge < -0.3 is 19.7 Å². The van der Waals surface area contributed by atoms with Gasteiger partial charge in [-0.05, 0) is 6.92 Å². The minimum absolute atomic E-state index is 0.148. The van der Waals surface area contributed by atoms with Crippen molar-refractivity contribution in [2.75, 3.05) is 13.2 Å². The van der Waals surface area contributed by atoms with E-state index in [0.29, 0.717) is 13.0 Å². The Balaban J connectivity index is 2.30. The number of aliphatic hydroxyl groups is 2. The van der Waals surface area contributed by atoms with Crippen LogP contribution >= 0.6 is 0 Å². The van der Waals surface area contributed by atoms with Crippen molar-refractivity contribution in [3.05, 3.63) is 0 Å². The second kappa shape index (κ2) is 4.01. The van der Waals surface area contributed by atoms with Crippen LogP contribution < -0.4 is 0 Å². The summed E-state index contributed by atoms with van der Waals surface area (Å²) in [4.78, 5) is 0. The lowest BCUT2D eigenvalue weighted by molar-refractivity contribution is -0.140. The quantitative estimate of drug-likeness (QED) is 0.587. The van der Waals surface area contributed by atoms with Crippen LogP contribution in [0.1, 0.15) is 13.3 Å². The molecule has 1 aliphatic rings. The van der Waals surface area contributed by atoms with Gasteiger partial charge in [0.25, 0.3) is 0 Å². The van der Waals surface area contributed by atoms with Crippen molar-refractivity contribution >= 4 is 0 Å². The first-order valence-electron chi connectivity index (χ1n) is 3.84. The highest BCUT2D eigenvalue weighted by atomic mass is 16.7. The van der Waals surface area contributed by atoms with Crippen LogP contribution in [0.2, 0.25) is 0 Å². The van der Waals surface area contributed by atoms with Gasteiger partial charge in [-0.3, -0.25) is 0 Å². The third-order valence-corrected chi connectivity index (χ3v) is 1.72. The molecule has 3 atom stereocenters. The van der Waals surface area contributed by atoms with E-state index >= 15 is 0 Å². The van der Waals surface area contributed by atoms with E-state index in [2.05, 4.69) is 0 Å². The number of rotatable bonds is 3. The molecule has 1 fully saturated rings. The molecule has 1 rings (SSSR count). The monoisotopic (exact) mass is 162 g/mol. The van der Waals surface area contributed by atoms with Gasteiger partial charge in [0, 0.05) is 13.0 Å². The number of aliphatic hydroxyl groups excluding tert-OH is 2. The molecule has 2 N–H and O–H groups in total. The lowest BCUT2D eigenvalue weighted by Gasteiger charge is -2.10. The van der Waals surface area contributed by atoms with Crippen LogP contribution in [-0.2, 0) is 9.47 Å². The molecule has 0 aromatic carbocycles. The van der Waals surface area contributed by atoms with Crippen LogP contribution in [-0.4, -0.2) is 41.9 Å². The van der Waals surface area contributed by atoms with Crippen molar-refractivity contribution in [3.8, 4) is 0 Å². The Bertz CT molecular complexity index is 117. The summed E-state index contributed by atoms with van der Waals surface area (Å²) in [5, 5.41) is 17.9. The van der Waals surface area contributed by atoms with Crippen molar-refractivity contribution in [1.82, 2.24) is 0 Å². The maximum atomic E-state index is 9.22. The first kappa shape index (κ1) is 8.93. The maximum Gasteiger partial charge on any atom is 0.160 e. The second-order valence-corrected chi connectivity index (χ2v) is 2.55. The summed E-state index contributed by atoms with van der Waals surface area (Å²) in [5.74, 6) is 0. The van der Waals surface area contributed by atoms with Crippen LogP contribution in [0, 0.1) is 0 Å². The molecular formula is C7H14O4. The van der Waals surface area contributed by atoms with Crippen LogP contribution in [0.3, 0.4) is 0 Å². The second-order valence-electron chi connectivity index (χ2n) is 2.55. The van der Waals surface area contributed by atoms with E-state index in [9.17, 15) is 5.11 Å². The van der Waals surface area contributed by atoms with Crippen molar-refractivity contribution in [2.24, 2.45) is 0 Å². The highest BCUT2D eigenvalue weighted by Crippen LogP contribution is 2.20. The Morgan fingerprint density at radius 3 is 2.82 bits per heavy atom. The summed E-state index contributed by atoms with van der Waals surface area (Å²) < 4.78 is 10.3. The van der Waals surface area contributed by atoms with E-state index in [4.69, 9.17) is 14.6 Å². The van der Waals surface area contributed by atoms with Gasteiger partial charge in [0.15, 0.2) is 6.29 Å². The first-order chi connectivity index (χ1) is 5.27. The fraction of sp³-hybridized carbons (Fsp3) is 1.00. The Kier molecular flexibility index (Phi) is 3.26. The lowest BCUT2D eigenvalue weighted by atomic mass is 10.2. The molecule has 1 heterocycles. The molecule has 0 aromatic rings. The zero-order valence-electron chi connectivity index (χ0n) is 6.56. The fourth-order valence-electron chi connectivity index (χ4n) is 1.15. The molecule has 1 saturated heterocycles. The zero-order chi connectivity index (χ0) is 8.27. The summed E-state index contributed by atoms with van der Waals surface area (Å²) in [5.41, 5.74) is 0. The average molecular weight is 162 g/mol. The van der Waals surface area contributed by atoms with E-state index in [0.717, 1.165) is 0 Å². The third kappa shape index (κ3) is 2.13. The molecule has 0 spiro atoms. The zero-order valence-corrected chi connectivity index (χ0v) is 6.56. The predicted molar refractivity (Wildman–Crippen MR) is 38.0 cm³/mol. The van der Waals surface area contributed by atoms with Crippen molar-refractivity contribution in [3.63, 3.8) is 0 Å². The highest BCUT2D eigenvalue weighted by molar-refractivity contribution is 4.76. The van der Waals surface area contributed by atoms with E-state index in [1.807, 2.05) is 6.92 Å². The number of hydrogen-bond donors (Lipinski definition) is 2. The van der Waals surface area contributed by atoms with Gasteiger partial charge in [-0.1, -0.05) is 0 Å². The van der Waals surface area contributed by atoms with Crippen LogP contribution in [0.4, 0.5) is 0 Å². The molecular weight excluding hydrogens is 148 g/mol. The standard InChI is InChI=1S/C7H14O4/c1-2-10-7-3-5(9)6(4-8)11-7/h5-9H,2-4H2,1H3. The van der Waals surface area contributed by atoms with Gasteiger partial charge in [0.05, 0.1) is 12.7 Å². The van der Waals surface area contributed by atoms with Crippen LogP contribution in [0.15, 0.2) is 0 Å². The molecule has 0 amide bonds. The molecule has 66 valence electrons. The van der Waals surface area contributed by atoms with Crippen molar-refractivity contribution < 1.29 is 19.7 Å². The molecule has 0 aromatic heterocycles. The molecule has 0 bridgehead atoms. The van der Waals surface area contributed by atoms with E-state index in [1.165, 1.54) is 0 Å². The molecule has 0 radical (unpaired) electrons. The van der Waals surface area contributed by atoms with Gasteiger partial charge in [0.1, 0.15) is 6.10 Å². The van der Waals surface area contributed by atoms with Crippen molar-refractivity contribution in [1.29, 1.82) is 0 Å². The average Bonchev–Trinajstić information content (AvgIpc) is 2.32. The molecule has 0 saturated carbocycles. The number of ether oxygens (including phenoxy) is 2. The summed E-state index contributed by atoms with van der Waals surface area (Å²) in [6, 6.07) is 0. The Hall–Kier alpha value is -0.160. The highest BCUT2D eigenvalue weighted by Gasteiger charge is 2.33. The summed E-state index contributed by atoms with van der Waals surface area (Å²) in [6.45, 7) is 2.28. The Morgan fingerprint density at radius 1 is 1.64 bits per heavy atom. The minimum Gasteiger partial charge on any atom is -0.394 e. The molecule has 1 aliphatic heterocycles. The smallest absolute Gasteiger partial charge is 0.160 e. The summed E-state index contributed by atoms with van der Waals surface area (Å²) in [7, 11) is 0. The van der Waals surface area contributed by atoms with Crippen LogP contribution in [0.5, 0.6) is 0 Å². The molecule has 3 unspecified atom stereocenters. The summed E-state index contributed by atoms with van der Waals surface area (Å²) >= 11 is 0.